The van der Waals surface area contributed by atoms with Crippen LogP contribution in [0.4, 0.5) is 0 Å². The second kappa shape index (κ2) is 6.72. The average Bonchev–Trinajstić information content (AvgIpc) is 2.37. The van der Waals surface area contributed by atoms with Gasteiger partial charge in [-0.15, -0.1) is 0 Å². The van der Waals surface area contributed by atoms with Crippen molar-refractivity contribution in [2.75, 3.05) is 6.61 Å². The number of nitrogens with one attached hydrogen (secondary N) is 1. The maximum Gasteiger partial charge on any atom is 0.230 e. The molecule has 4 heteroatoms. The molecule has 1 atom stereocenters. The van der Waals surface area contributed by atoms with Crippen molar-refractivity contribution in [1.82, 2.24) is 5.32 Å². The van der Waals surface area contributed by atoms with Crippen molar-refractivity contribution in [2.45, 2.75) is 50.5 Å². The smallest absolute Gasteiger partial charge is 0.230 e. The van der Waals surface area contributed by atoms with E-state index in [2.05, 4.69) is 21.2 Å². The number of amides is 1. The molecule has 1 unspecified atom stereocenters. The van der Waals surface area contributed by atoms with Crippen molar-refractivity contribution in [2.24, 2.45) is 0 Å². The van der Waals surface area contributed by atoms with Crippen LogP contribution in [-0.2, 0) is 10.2 Å². The zero-order chi connectivity index (χ0) is 14.6. The maximum absolute atomic E-state index is 12.6. The Kier molecular flexibility index (Phi) is 5.22. The summed E-state index contributed by atoms with van der Waals surface area (Å²) in [6.07, 6.45) is 4.50. The molecule has 20 heavy (non-hydrogen) atoms. The highest BCUT2D eigenvalue weighted by atomic mass is 79.9. The van der Waals surface area contributed by atoms with Crippen LogP contribution in [0, 0.1) is 0 Å². The van der Waals surface area contributed by atoms with Crippen LogP contribution in [0.1, 0.15) is 44.6 Å². The third-order valence-corrected chi connectivity index (χ3v) is 4.74. The van der Waals surface area contributed by atoms with Crippen molar-refractivity contribution in [3.05, 3.63) is 34.3 Å². The first kappa shape index (κ1) is 15.5. The number of aliphatic hydroxyl groups excluding tert-OH is 1. The molecule has 3 nitrogen and oxygen atoms in total. The third-order valence-electron chi connectivity index (χ3n) is 4.21. The number of carbonyl (C=O) groups is 1. The molecule has 0 radical (unpaired) electrons. The van der Waals surface area contributed by atoms with E-state index in [9.17, 15) is 4.79 Å². The molecule has 0 spiro atoms. The first-order chi connectivity index (χ1) is 9.58. The quantitative estimate of drug-likeness (QED) is 0.836. The molecule has 1 amide bonds. The summed E-state index contributed by atoms with van der Waals surface area (Å²) in [6.45, 7) is 2.18. The molecule has 1 fully saturated rings. The number of benzene rings is 1. The highest BCUT2D eigenvalue weighted by Crippen LogP contribution is 2.44. The van der Waals surface area contributed by atoms with Gasteiger partial charge in [-0.05, 0) is 50.3 Å². The van der Waals surface area contributed by atoms with E-state index < -0.39 is 0 Å². The summed E-state index contributed by atoms with van der Waals surface area (Å²) in [5.41, 5.74) is 0.771. The van der Waals surface area contributed by atoms with Gasteiger partial charge in [0.1, 0.15) is 0 Å². The van der Waals surface area contributed by atoms with E-state index in [4.69, 9.17) is 5.11 Å². The Balaban J connectivity index is 2.07. The van der Waals surface area contributed by atoms with Crippen molar-refractivity contribution in [1.29, 1.82) is 0 Å². The molecular weight excluding hydrogens is 318 g/mol. The predicted molar refractivity (Wildman–Crippen MR) is 83.6 cm³/mol. The van der Waals surface area contributed by atoms with E-state index in [1.807, 2.05) is 31.2 Å². The van der Waals surface area contributed by atoms with Gasteiger partial charge in [0.2, 0.25) is 5.91 Å². The molecule has 1 saturated carbocycles. The van der Waals surface area contributed by atoms with Crippen LogP contribution in [0.15, 0.2) is 28.7 Å². The minimum absolute atomic E-state index is 0.113. The van der Waals surface area contributed by atoms with Crippen LogP contribution < -0.4 is 5.32 Å². The minimum atomic E-state index is -0.339. The van der Waals surface area contributed by atoms with Gasteiger partial charge in [-0.3, -0.25) is 4.79 Å². The summed E-state index contributed by atoms with van der Waals surface area (Å²) >= 11 is 3.43. The number of hydrogen-bond donors (Lipinski definition) is 2. The second-order valence-electron chi connectivity index (χ2n) is 5.68. The SMILES string of the molecule is CC(CCCO)NC(=O)C1(c2ccc(Br)cc2)CCC1. The van der Waals surface area contributed by atoms with Gasteiger partial charge in [0, 0.05) is 17.1 Å². The average molecular weight is 340 g/mol. The summed E-state index contributed by atoms with van der Waals surface area (Å²) in [5.74, 6) is 0.136. The van der Waals surface area contributed by atoms with Crippen LogP contribution in [0.5, 0.6) is 0 Å². The zero-order valence-electron chi connectivity index (χ0n) is 11.9. The van der Waals surface area contributed by atoms with E-state index in [0.29, 0.717) is 0 Å². The van der Waals surface area contributed by atoms with Gasteiger partial charge >= 0.3 is 0 Å². The fourth-order valence-corrected chi connectivity index (χ4v) is 3.04. The number of carbonyl (C=O) groups excluding carboxylic acids is 1. The fourth-order valence-electron chi connectivity index (χ4n) is 2.78. The van der Waals surface area contributed by atoms with Gasteiger partial charge < -0.3 is 10.4 Å². The molecule has 0 aromatic heterocycles. The molecule has 0 heterocycles. The monoisotopic (exact) mass is 339 g/mol. The third kappa shape index (κ3) is 3.23. The molecule has 1 aliphatic rings. The van der Waals surface area contributed by atoms with Crippen molar-refractivity contribution in [3.63, 3.8) is 0 Å². The Morgan fingerprint density at radius 3 is 2.55 bits per heavy atom. The Labute approximate surface area is 128 Å². The molecule has 1 aliphatic carbocycles. The first-order valence-electron chi connectivity index (χ1n) is 7.26. The molecule has 0 saturated heterocycles. The Morgan fingerprint density at radius 2 is 2.05 bits per heavy atom. The molecule has 110 valence electrons. The number of halogens is 1. The summed E-state index contributed by atoms with van der Waals surface area (Å²) in [7, 11) is 0. The number of rotatable bonds is 6. The molecule has 1 aromatic carbocycles. The summed E-state index contributed by atoms with van der Waals surface area (Å²) in [4.78, 5) is 12.6. The zero-order valence-corrected chi connectivity index (χ0v) is 13.4. The van der Waals surface area contributed by atoms with Gasteiger partial charge in [0.15, 0.2) is 0 Å². The Bertz CT molecular complexity index is 454. The van der Waals surface area contributed by atoms with Crippen molar-refractivity contribution >= 4 is 21.8 Å². The van der Waals surface area contributed by atoms with Gasteiger partial charge in [-0.1, -0.05) is 34.5 Å². The highest BCUT2D eigenvalue weighted by Gasteiger charge is 2.45. The molecule has 2 rings (SSSR count). The standard InChI is InChI=1S/C16H22BrNO2/c1-12(4-2-11-19)18-15(20)16(9-3-10-16)13-5-7-14(17)8-6-13/h5-8,12,19H,2-4,9-11H2,1H3,(H,18,20). The molecular formula is C16H22BrNO2. The summed E-state index contributed by atoms with van der Waals surface area (Å²) in [6, 6.07) is 8.20. The summed E-state index contributed by atoms with van der Waals surface area (Å²) < 4.78 is 1.03. The number of hydrogen-bond acceptors (Lipinski definition) is 2. The van der Waals surface area contributed by atoms with E-state index in [0.717, 1.165) is 42.1 Å². The lowest BCUT2D eigenvalue weighted by Crippen LogP contribution is -2.51. The van der Waals surface area contributed by atoms with Crippen LogP contribution in [0.25, 0.3) is 0 Å². The van der Waals surface area contributed by atoms with Crippen LogP contribution >= 0.6 is 15.9 Å². The van der Waals surface area contributed by atoms with E-state index in [-0.39, 0.29) is 24.0 Å². The minimum Gasteiger partial charge on any atom is -0.396 e. The van der Waals surface area contributed by atoms with Crippen LogP contribution in [0.2, 0.25) is 0 Å². The molecule has 0 bridgehead atoms. The Morgan fingerprint density at radius 1 is 1.40 bits per heavy atom. The molecule has 0 aliphatic heterocycles. The van der Waals surface area contributed by atoms with E-state index in [1.165, 1.54) is 0 Å². The van der Waals surface area contributed by atoms with Gasteiger partial charge in [-0.2, -0.15) is 0 Å². The topological polar surface area (TPSA) is 49.3 Å². The predicted octanol–water partition coefficient (Wildman–Crippen LogP) is 3.15. The number of aliphatic hydroxyl groups is 1. The first-order valence-corrected chi connectivity index (χ1v) is 8.06. The Hall–Kier alpha value is -0.870. The second-order valence-corrected chi connectivity index (χ2v) is 6.60. The van der Waals surface area contributed by atoms with Crippen LogP contribution in [0.3, 0.4) is 0 Å². The lowest BCUT2D eigenvalue weighted by atomic mass is 9.63. The lowest BCUT2D eigenvalue weighted by Gasteiger charge is -2.41. The van der Waals surface area contributed by atoms with Crippen molar-refractivity contribution in [3.8, 4) is 0 Å². The highest BCUT2D eigenvalue weighted by molar-refractivity contribution is 9.10. The van der Waals surface area contributed by atoms with E-state index >= 15 is 0 Å². The van der Waals surface area contributed by atoms with Gasteiger partial charge in [0.05, 0.1) is 5.41 Å². The molecule has 1 aromatic rings. The van der Waals surface area contributed by atoms with Gasteiger partial charge in [-0.25, -0.2) is 0 Å². The van der Waals surface area contributed by atoms with Crippen molar-refractivity contribution < 1.29 is 9.90 Å². The fraction of sp³-hybridized carbons (Fsp3) is 0.562. The normalized spacial score (nSPS) is 18.1. The molecule has 2 N–H and O–H groups in total. The van der Waals surface area contributed by atoms with Crippen LogP contribution in [-0.4, -0.2) is 23.7 Å². The lowest BCUT2D eigenvalue weighted by molar-refractivity contribution is -0.130. The van der Waals surface area contributed by atoms with E-state index in [1.54, 1.807) is 0 Å². The maximum atomic E-state index is 12.6. The van der Waals surface area contributed by atoms with Gasteiger partial charge in [0.25, 0.3) is 0 Å². The summed E-state index contributed by atoms with van der Waals surface area (Å²) in [5, 5.41) is 12.0. The largest absolute Gasteiger partial charge is 0.396 e.